The first-order valence-electron chi connectivity index (χ1n) is 9.62. The minimum atomic E-state index is -0.843. The summed E-state index contributed by atoms with van der Waals surface area (Å²) in [4.78, 5) is 28.2. The van der Waals surface area contributed by atoms with E-state index >= 15 is 0 Å². The van der Waals surface area contributed by atoms with Crippen molar-refractivity contribution < 1.29 is 14.7 Å². The molecule has 2 atom stereocenters. The molecule has 6 nitrogen and oxygen atoms in total. The zero-order valence-electron chi connectivity index (χ0n) is 16.0. The van der Waals surface area contributed by atoms with Crippen molar-refractivity contribution in [3.05, 3.63) is 34.9 Å². The molecular weight excluding hydrogens is 342 g/mol. The van der Waals surface area contributed by atoms with Crippen LogP contribution in [0, 0.1) is 37.0 Å². The number of urea groups is 1. The molecule has 2 amide bonds. The van der Waals surface area contributed by atoms with Gasteiger partial charge in [-0.25, -0.2) is 4.79 Å². The smallest absolute Gasteiger partial charge is 0.320 e. The van der Waals surface area contributed by atoms with E-state index in [0.717, 1.165) is 5.56 Å². The molecule has 27 heavy (non-hydrogen) atoms. The zero-order chi connectivity index (χ0) is 19.6. The molecule has 0 aliphatic carbocycles. The van der Waals surface area contributed by atoms with Crippen LogP contribution < -0.4 is 0 Å². The van der Waals surface area contributed by atoms with E-state index in [1.807, 2.05) is 0 Å². The van der Waals surface area contributed by atoms with Gasteiger partial charge in [0.15, 0.2) is 0 Å². The quantitative estimate of drug-likeness (QED) is 0.868. The van der Waals surface area contributed by atoms with Gasteiger partial charge in [0.25, 0.3) is 0 Å². The van der Waals surface area contributed by atoms with Crippen molar-refractivity contribution in [1.82, 2.24) is 9.80 Å². The van der Waals surface area contributed by atoms with Crippen LogP contribution in [0.4, 0.5) is 4.79 Å². The van der Waals surface area contributed by atoms with Crippen LogP contribution in [0.1, 0.15) is 41.9 Å². The van der Waals surface area contributed by atoms with Crippen molar-refractivity contribution in [1.29, 1.82) is 5.26 Å². The average molecular weight is 369 g/mol. The number of carbonyl (C=O) groups is 2. The lowest BCUT2D eigenvalue weighted by Gasteiger charge is -2.40. The monoisotopic (exact) mass is 369 g/mol. The van der Waals surface area contributed by atoms with Crippen LogP contribution in [0.3, 0.4) is 0 Å². The molecule has 0 aromatic heterocycles. The van der Waals surface area contributed by atoms with E-state index in [9.17, 15) is 14.7 Å². The number of hydrogen-bond donors (Lipinski definition) is 1. The van der Waals surface area contributed by atoms with E-state index in [4.69, 9.17) is 5.26 Å². The molecule has 2 saturated heterocycles. The van der Waals surface area contributed by atoms with Crippen molar-refractivity contribution >= 4 is 12.0 Å². The molecule has 2 aliphatic heterocycles. The van der Waals surface area contributed by atoms with Crippen LogP contribution in [0.25, 0.3) is 0 Å². The second kappa shape index (κ2) is 7.99. The third-order valence-corrected chi connectivity index (χ3v) is 6.02. The fourth-order valence-electron chi connectivity index (χ4n) is 4.09. The first-order chi connectivity index (χ1) is 12.9. The number of piperidine rings is 2. The molecular formula is C21H27N3O3. The highest BCUT2D eigenvalue weighted by molar-refractivity contribution is 5.77. The first-order valence-corrected chi connectivity index (χ1v) is 9.62. The second-order valence-corrected chi connectivity index (χ2v) is 7.89. The van der Waals surface area contributed by atoms with Gasteiger partial charge in [-0.3, -0.25) is 4.79 Å². The number of hydrogen-bond acceptors (Lipinski definition) is 3. The van der Waals surface area contributed by atoms with Crippen molar-refractivity contribution in [3.63, 3.8) is 0 Å². The lowest BCUT2D eigenvalue weighted by Crippen LogP contribution is -2.52. The molecule has 1 N–H and O–H groups in total. The average Bonchev–Trinajstić information content (AvgIpc) is 2.69. The van der Waals surface area contributed by atoms with Gasteiger partial charge in [-0.1, -0.05) is 18.2 Å². The molecule has 0 spiro atoms. The number of rotatable bonds is 2. The number of carbonyl (C=O) groups excluding carboxylic acids is 1. The summed E-state index contributed by atoms with van der Waals surface area (Å²) in [7, 11) is 0. The minimum absolute atomic E-state index is 0.0189. The molecule has 3 rings (SSSR count). The van der Waals surface area contributed by atoms with Crippen molar-refractivity contribution in [2.45, 2.75) is 39.0 Å². The predicted molar refractivity (Wildman–Crippen MR) is 101 cm³/mol. The highest BCUT2D eigenvalue weighted by Crippen LogP contribution is 2.32. The molecule has 2 fully saturated rings. The number of carboxylic acid groups (broad SMARTS) is 1. The van der Waals surface area contributed by atoms with E-state index in [0.29, 0.717) is 38.9 Å². The van der Waals surface area contributed by atoms with Crippen LogP contribution >= 0.6 is 0 Å². The summed E-state index contributed by atoms with van der Waals surface area (Å²) in [5, 5.41) is 18.6. The maximum atomic E-state index is 13.0. The number of nitrogens with zero attached hydrogens (tertiary/aromatic N) is 3. The summed E-state index contributed by atoms with van der Waals surface area (Å²) >= 11 is 0. The summed E-state index contributed by atoms with van der Waals surface area (Å²) in [6.07, 6.45) is 1.94. The Morgan fingerprint density at radius 3 is 2.41 bits per heavy atom. The fraction of sp³-hybridized carbons (Fsp3) is 0.571. The molecule has 2 aliphatic rings. The lowest BCUT2D eigenvalue weighted by molar-refractivity contribution is -0.143. The maximum absolute atomic E-state index is 13.0. The molecule has 144 valence electrons. The summed E-state index contributed by atoms with van der Waals surface area (Å²) in [5.41, 5.74) is 3.49. The largest absolute Gasteiger partial charge is 0.481 e. The normalized spacial score (nSPS) is 23.7. The highest BCUT2D eigenvalue weighted by Gasteiger charge is 2.36. The number of benzene rings is 1. The van der Waals surface area contributed by atoms with Crippen LogP contribution in [-0.4, -0.2) is 53.1 Å². The fourth-order valence-corrected chi connectivity index (χ4v) is 4.09. The predicted octanol–water partition coefficient (Wildman–Crippen LogP) is 3.15. The van der Waals surface area contributed by atoms with Gasteiger partial charge in [0.05, 0.1) is 12.0 Å². The van der Waals surface area contributed by atoms with Crippen molar-refractivity contribution in [2.24, 2.45) is 11.8 Å². The Hall–Kier alpha value is -2.55. The van der Waals surface area contributed by atoms with Gasteiger partial charge in [0.1, 0.15) is 0 Å². The zero-order valence-corrected chi connectivity index (χ0v) is 16.0. The van der Waals surface area contributed by atoms with Crippen molar-refractivity contribution in [3.8, 4) is 6.07 Å². The number of carboxylic acids is 1. The molecule has 0 saturated carbocycles. The summed E-state index contributed by atoms with van der Waals surface area (Å²) in [6, 6.07) is 8.42. The third kappa shape index (κ3) is 4.24. The van der Waals surface area contributed by atoms with Gasteiger partial charge in [0, 0.05) is 38.0 Å². The Kier molecular flexibility index (Phi) is 5.69. The Balaban J connectivity index is 1.76. The third-order valence-electron chi connectivity index (χ3n) is 6.02. The standard InChI is InChI=1S/C21H27N3O3/c1-14-3-4-17(9-15(14)2)18-10-19(20(25)26)13-24(12-18)21(27)23-7-5-16(11-22)6-8-23/h3-4,9,16,18-19H,5-8,10,12-13H2,1-2H3,(H,25,26). The molecule has 2 heterocycles. The summed E-state index contributed by atoms with van der Waals surface area (Å²) in [6.45, 7) is 6.05. The topological polar surface area (TPSA) is 84.6 Å². The number of amides is 2. The van der Waals surface area contributed by atoms with E-state index in [1.54, 1.807) is 9.80 Å². The number of likely N-dealkylation sites (tertiary alicyclic amines) is 2. The van der Waals surface area contributed by atoms with Crippen LogP contribution in [0.2, 0.25) is 0 Å². The van der Waals surface area contributed by atoms with Crippen LogP contribution in [0.5, 0.6) is 0 Å². The molecule has 0 bridgehead atoms. The van der Waals surface area contributed by atoms with Gasteiger partial charge in [0.2, 0.25) is 0 Å². The second-order valence-electron chi connectivity index (χ2n) is 7.89. The molecule has 0 radical (unpaired) electrons. The van der Waals surface area contributed by atoms with Gasteiger partial charge in [-0.15, -0.1) is 0 Å². The molecule has 1 aromatic carbocycles. The Bertz CT molecular complexity index is 762. The van der Waals surface area contributed by atoms with Gasteiger partial charge < -0.3 is 14.9 Å². The van der Waals surface area contributed by atoms with E-state index in [2.05, 4.69) is 38.1 Å². The Labute approximate surface area is 160 Å². The number of aliphatic carboxylic acids is 1. The number of nitriles is 1. The SMILES string of the molecule is Cc1ccc(C2CC(C(=O)O)CN(C(=O)N3CCC(C#N)CC3)C2)cc1C. The summed E-state index contributed by atoms with van der Waals surface area (Å²) in [5.74, 6) is -1.35. The van der Waals surface area contributed by atoms with Gasteiger partial charge in [-0.2, -0.15) is 5.26 Å². The highest BCUT2D eigenvalue weighted by atomic mass is 16.4. The van der Waals surface area contributed by atoms with E-state index < -0.39 is 11.9 Å². The number of aryl methyl sites for hydroxylation is 2. The van der Waals surface area contributed by atoms with E-state index in [-0.39, 0.29) is 24.4 Å². The van der Waals surface area contributed by atoms with E-state index in [1.165, 1.54) is 11.1 Å². The van der Waals surface area contributed by atoms with Gasteiger partial charge >= 0.3 is 12.0 Å². The van der Waals surface area contributed by atoms with Gasteiger partial charge in [-0.05, 0) is 49.8 Å². The van der Waals surface area contributed by atoms with Crippen molar-refractivity contribution in [2.75, 3.05) is 26.2 Å². The molecule has 1 aromatic rings. The molecule has 6 heteroatoms. The molecule has 2 unspecified atom stereocenters. The minimum Gasteiger partial charge on any atom is -0.481 e. The lowest BCUT2D eigenvalue weighted by atomic mass is 9.83. The Morgan fingerprint density at radius 1 is 1.11 bits per heavy atom. The maximum Gasteiger partial charge on any atom is 0.320 e. The van der Waals surface area contributed by atoms with Crippen LogP contribution in [0.15, 0.2) is 18.2 Å². The van der Waals surface area contributed by atoms with Crippen LogP contribution in [-0.2, 0) is 4.79 Å². The summed E-state index contributed by atoms with van der Waals surface area (Å²) < 4.78 is 0. The Morgan fingerprint density at radius 2 is 1.81 bits per heavy atom. The first kappa shape index (κ1) is 19.2.